The van der Waals surface area contributed by atoms with Gasteiger partial charge in [0.25, 0.3) is 0 Å². The van der Waals surface area contributed by atoms with Crippen molar-refractivity contribution >= 4 is 17.3 Å². The normalized spacial score (nSPS) is 12.1. The monoisotopic (exact) mass is 294 g/mol. The van der Waals surface area contributed by atoms with Crippen molar-refractivity contribution in [3.05, 3.63) is 29.3 Å². The van der Waals surface area contributed by atoms with Gasteiger partial charge in [0.2, 0.25) is 0 Å². The fourth-order valence-electron chi connectivity index (χ4n) is 1.86. The van der Waals surface area contributed by atoms with Crippen LogP contribution in [0, 0.1) is 0 Å². The lowest BCUT2D eigenvalue weighted by molar-refractivity contribution is 0.446. The third-order valence-corrected chi connectivity index (χ3v) is 3.06. The van der Waals surface area contributed by atoms with Crippen molar-refractivity contribution in [1.29, 1.82) is 0 Å². The first kappa shape index (κ1) is 16.8. The molecule has 3 nitrogen and oxygen atoms in total. The molecule has 0 saturated carbocycles. The summed E-state index contributed by atoms with van der Waals surface area (Å²) < 4.78 is 0. The largest absolute Gasteiger partial charge is 0.508 e. The van der Waals surface area contributed by atoms with E-state index in [0.717, 1.165) is 11.1 Å². The minimum absolute atomic E-state index is 0.0460. The van der Waals surface area contributed by atoms with Crippen molar-refractivity contribution in [3.63, 3.8) is 0 Å². The predicted octanol–water partition coefficient (Wildman–Crippen LogP) is 3.45. The number of phenolic OH excluding ortho intramolecular Hbond substituents is 1. The minimum atomic E-state index is -0.0791. The van der Waals surface area contributed by atoms with E-state index in [4.69, 9.17) is 12.2 Å². The van der Waals surface area contributed by atoms with Gasteiger partial charge in [-0.25, -0.2) is 0 Å². The summed E-state index contributed by atoms with van der Waals surface area (Å²) in [5, 5.41) is 17.0. The molecule has 0 unspecified atom stereocenters. The van der Waals surface area contributed by atoms with E-state index in [9.17, 15) is 5.11 Å². The fraction of sp³-hybridized carbons (Fsp3) is 0.562. The molecule has 0 aliphatic carbocycles. The second kappa shape index (κ2) is 6.00. The zero-order valence-corrected chi connectivity index (χ0v) is 14.1. The predicted molar refractivity (Wildman–Crippen MR) is 89.1 cm³/mol. The second-order valence-electron chi connectivity index (χ2n) is 7.16. The van der Waals surface area contributed by atoms with Gasteiger partial charge < -0.3 is 15.7 Å². The zero-order chi connectivity index (χ0) is 15.6. The van der Waals surface area contributed by atoms with Crippen molar-refractivity contribution in [2.45, 2.75) is 59.0 Å². The first-order valence-corrected chi connectivity index (χ1v) is 7.28. The summed E-state index contributed by atoms with van der Waals surface area (Å²) in [5.74, 6) is 0.344. The Morgan fingerprint density at radius 1 is 1.15 bits per heavy atom. The molecule has 4 heteroatoms. The van der Waals surface area contributed by atoms with E-state index >= 15 is 0 Å². The van der Waals surface area contributed by atoms with E-state index in [0.29, 0.717) is 17.4 Å². The van der Waals surface area contributed by atoms with Crippen molar-refractivity contribution < 1.29 is 5.11 Å². The van der Waals surface area contributed by atoms with Gasteiger partial charge in [-0.1, -0.05) is 26.8 Å². The van der Waals surface area contributed by atoms with Crippen LogP contribution in [-0.2, 0) is 12.0 Å². The topological polar surface area (TPSA) is 44.3 Å². The SMILES string of the molecule is CC(C)(C)NC(=S)NCc1ccc(O)c(C(C)(C)C)c1. The van der Waals surface area contributed by atoms with Gasteiger partial charge in [-0.15, -0.1) is 0 Å². The first-order chi connectivity index (χ1) is 8.99. The molecular formula is C16H26N2OS. The highest BCUT2D eigenvalue weighted by atomic mass is 32.1. The molecule has 0 aromatic heterocycles. The molecule has 112 valence electrons. The molecule has 1 aromatic carbocycles. The van der Waals surface area contributed by atoms with Gasteiger partial charge >= 0.3 is 0 Å². The minimum Gasteiger partial charge on any atom is -0.508 e. The molecule has 0 aliphatic heterocycles. The van der Waals surface area contributed by atoms with E-state index < -0.39 is 0 Å². The number of hydrogen-bond acceptors (Lipinski definition) is 2. The van der Waals surface area contributed by atoms with E-state index in [2.05, 4.69) is 52.2 Å². The maximum absolute atomic E-state index is 9.94. The molecule has 0 radical (unpaired) electrons. The summed E-state index contributed by atoms with van der Waals surface area (Å²) in [6.45, 7) is 13.1. The maximum atomic E-state index is 9.94. The summed E-state index contributed by atoms with van der Waals surface area (Å²) in [7, 11) is 0. The molecule has 0 amide bonds. The van der Waals surface area contributed by atoms with Crippen LogP contribution in [0.5, 0.6) is 5.75 Å². The molecule has 0 aliphatic rings. The van der Waals surface area contributed by atoms with Gasteiger partial charge in [-0.2, -0.15) is 0 Å². The highest BCUT2D eigenvalue weighted by molar-refractivity contribution is 7.80. The summed E-state index contributed by atoms with van der Waals surface area (Å²) >= 11 is 5.26. The lowest BCUT2D eigenvalue weighted by Gasteiger charge is -2.24. The van der Waals surface area contributed by atoms with Crippen LogP contribution in [0.15, 0.2) is 18.2 Å². The Morgan fingerprint density at radius 3 is 2.25 bits per heavy atom. The van der Waals surface area contributed by atoms with E-state index in [1.54, 1.807) is 6.07 Å². The number of rotatable bonds is 2. The van der Waals surface area contributed by atoms with Crippen LogP contribution in [0.25, 0.3) is 0 Å². The molecule has 1 aromatic rings. The van der Waals surface area contributed by atoms with Gasteiger partial charge in [-0.05, 0) is 61.7 Å². The van der Waals surface area contributed by atoms with E-state index in [1.165, 1.54) is 0 Å². The third-order valence-electron chi connectivity index (χ3n) is 2.81. The van der Waals surface area contributed by atoms with Gasteiger partial charge in [0.1, 0.15) is 5.75 Å². The molecule has 0 spiro atoms. The van der Waals surface area contributed by atoms with Crippen molar-refractivity contribution in [2.75, 3.05) is 0 Å². The fourth-order valence-corrected chi connectivity index (χ4v) is 2.24. The van der Waals surface area contributed by atoms with Crippen LogP contribution in [0.1, 0.15) is 52.7 Å². The van der Waals surface area contributed by atoms with Crippen LogP contribution in [0.3, 0.4) is 0 Å². The number of phenols is 1. The Hall–Kier alpha value is -1.29. The van der Waals surface area contributed by atoms with Crippen LogP contribution in [0.2, 0.25) is 0 Å². The van der Waals surface area contributed by atoms with E-state index in [-0.39, 0.29) is 11.0 Å². The van der Waals surface area contributed by atoms with Crippen LogP contribution < -0.4 is 10.6 Å². The molecule has 1 rings (SSSR count). The average Bonchev–Trinajstić information content (AvgIpc) is 2.24. The van der Waals surface area contributed by atoms with Gasteiger partial charge in [0.15, 0.2) is 5.11 Å². The molecule has 0 fully saturated rings. The lowest BCUT2D eigenvalue weighted by atomic mass is 9.85. The Morgan fingerprint density at radius 2 is 1.75 bits per heavy atom. The quantitative estimate of drug-likeness (QED) is 0.731. The Balaban J connectivity index is 2.73. The first-order valence-electron chi connectivity index (χ1n) is 6.87. The van der Waals surface area contributed by atoms with Crippen LogP contribution in [0.4, 0.5) is 0 Å². The number of thiocarbonyl (C=S) groups is 1. The van der Waals surface area contributed by atoms with Gasteiger partial charge in [0, 0.05) is 12.1 Å². The second-order valence-corrected chi connectivity index (χ2v) is 7.57. The Bertz CT molecular complexity index is 484. The molecule has 3 N–H and O–H groups in total. The zero-order valence-electron chi connectivity index (χ0n) is 13.3. The van der Waals surface area contributed by atoms with Crippen LogP contribution >= 0.6 is 12.2 Å². The summed E-state index contributed by atoms with van der Waals surface area (Å²) in [6, 6.07) is 5.69. The number of benzene rings is 1. The van der Waals surface area contributed by atoms with Crippen LogP contribution in [-0.4, -0.2) is 15.8 Å². The average molecular weight is 294 g/mol. The number of hydrogen-bond donors (Lipinski definition) is 3. The van der Waals surface area contributed by atoms with E-state index in [1.807, 2.05) is 12.1 Å². The van der Waals surface area contributed by atoms with Crippen molar-refractivity contribution in [1.82, 2.24) is 10.6 Å². The van der Waals surface area contributed by atoms with Gasteiger partial charge in [0.05, 0.1) is 0 Å². The smallest absolute Gasteiger partial charge is 0.166 e. The summed E-state index contributed by atoms with van der Waals surface area (Å²) in [5.41, 5.74) is 1.93. The number of nitrogens with one attached hydrogen (secondary N) is 2. The van der Waals surface area contributed by atoms with Crippen molar-refractivity contribution in [3.8, 4) is 5.75 Å². The molecule has 0 saturated heterocycles. The molecule has 0 atom stereocenters. The Labute approximate surface area is 127 Å². The van der Waals surface area contributed by atoms with Crippen molar-refractivity contribution in [2.24, 2.45) is 0 Å². The lowest BCUT2D eigenvalue weighted by Crippen LogP contribution is -2.45. The molecule has 0 bridgehead atoms. The Kier molecular flexibility index (Phi) is 5.03. The molecular weight excluding hydrogens is 268 g/mol. The van der Waals surface area contributed by atoms with Gasteiger partial charge in [-0.3, -0.25) is 0 Å². The standard InChI is InChI=1S/C16H26N2OS/c1-15(2,3)12-9-11(7-8-13(12)19)10-17-14(20)18-16(4,5)6/h7-9,19H,10H2,1-6H3,(H2,17,18,20). The third kappa shape index (κ3) is 5.37. The highest BCUT2D eigenvalue weighted by Gasteiger charge is 2.18. The maximum Gasteiger partial charge on any atom is 0.166 e. The summed E-state index contributed by atoms with van der Waals surface area (Å²) in [6.07, 6.45) is 0. The summed E-state index contributed by atoms with van der Waals surface area (Å²) in [4.78, 5) is 0. The molecule has 20 heavy (non-hydrogen) atoms. The molecule has 0 heterocycles. The number of aromatic hydroxyl groups is 1. The highest BCUT2D eigenvalue weighted by Crippen LogP contribution is 2.31.